The second kappa shape index (κ2) is 5.38. The summed E-state index contributed by atoms with van der Waals surface area (Å²) in [5, 5.41) is 18.7. The first-order valence-electron chi connectivity index (χ1n) is 8.03. The van der Waals surface area contributed by atoms with Crippen molar-refractivity contribution in [2.75, 3.05) is 19.1 Å². The van der Waals surface area contributed by atoms with Gasteiger partial charge in [-0.05, 0) is 25.2 Å². The van der Waals surface area contributed by atoms with E-state index in [1.54, 1.807) is 7.05 Å². The van der Waals surface area contributed by atoms with Crippen LogP contribution in [0.5, 0.6) is 5.75 Å². The van der Waals surface area contributed by atoms with Gasteiger partial charge in [-0.1, -0.05) is 0 Å². The molecule has 3 atom stereocenters. The largest absolute Gasteiger partial charge is 0.502 e. The number of carbonyl (C=O) groups excluding carboxylic acids is 1. The van der Waals surface area contributed by atoms with Crippen molar-refractivity contribution in [1.82, 2.24) is 15.4 Å². The maximum atomic E-state index is 13.2. The van der Waals surface area contributed by atoms with E-state index in [0.717, 1.165) is 19.3 Å². The zero-order valence-corrected chi connectivity index (χ0v) is 14.6. The van der Waals surface area contributed by atoms with E-state index in [-0.39, 0.29) is 28.4 Å². The molecule has 2 fully saturated rings. The van der Waals surface area contributed by atoms with Gasteiger partial charge in [-0.3, -0.25) is 19.3 Å². The molecular formula is C15H18FN5O3S. The third-order valence-corrected chi connectivity index (χ3v) is 6.02. The molecule has 0 aromatic carbocycles. The molecule has 1 aromatic heterocycles. The molecular weight excluding hydrogens is 349 g/mol. The summed E-state index contributed by atoms with van der Waals surface area (Å²) in [4.78, 5) is 25.0. The summed E-state index contributed by atoms with van der Waals surface area (Å²) in [5.74, 6) is -0.258. The average molecular weight is 367 g/mol. The van der Waals surface area contributed by atoms with Gasteiger partial charge >= 0.3 is 0 Å². The Balaban J connectivity index is 1.90. The number of hydrogen-bond acceptors (Lipinski definition) is 7. The number of halogens is 1. The van der Waals surface area contributed by atoms with Crippen molar-refractivity contribution in [2.24, 2.45) is 16.9 Å². The molecule has 0 radical (unpaired) electrons. The molecule has 1 unspecified atom stereocenters. The monoisotopic (exact) mass is 367 g/mol. The van der Waals surface area contributed by atoms with Crippen molar-refractivity contribution in [3.63, 3.8) is 0 Å². The van der Waals surface area contributed by atoms with E-state index in [9.17, 15) is 18.6 Å². The highest BCUT2D eigenvalue weighted by Gasteiger charge is 2.62. The average Bonchev–Trinajstić information content (AvgIpc) is 3.30. The van der Waals surface area contributed by atoms with Gasteiger partial charge in [0.1, 0.15) is 17.8 Å². The third-order valence-electron chi connectivity index (χ3n) is 5.56. The minimum Gasteiger partial charge on any atom is -0.502 e. The molecule has 2 aliphatic carbocycles. The summed E-state index contributed by atoms with van der Waals surface area (Å²) < 4.78 is 14.7. The molecule has 2 saturated carbocycles. The molecule has 1 aromatic rings. The van der Waals surface area contributed by atoms with Crippen molar-refractivity contribution >= 4 is 23.1 Å². The van der Waals surface area contributed by atoms with Gasteiger partial charge in [-0.15, -0.1) is 0 Å². The maximum Gasteiger partial charge on any atom is 0.275 e. The molecule has 10 heteroatoms. The van der Waals surface area contributed by atoms with Gasteiger partial charge in [0.05, 0.1) is 5.56 Å². The second-order valence-electron chi connectivity index (χ2n) is 6.67. The number of carbonyl (C=O) groups is 1. The van der Waals surface area contributed by atoms with Crippen molar-refractivity contribution in [2.45, 2.75) is 24.9 Å². The molecule has 1 amide bonds. The van der Waals surface area contributed by atoms with Crippen LogP contribution in [0.25, 0.3) is 0 Å². The first-order chi connectivity index (χ1) is 11.9. The van der Waals surface area contributed by atoms with Gasteiger partial charge < -0.3 is 15.8 Å². The fraction of sp³-hybridized carbons (Fsp3) is 0.533. The van der Waals surface area contributed by atoms with Crippen molar-refractivity contribution in [1.29, 1.82) is 0 Å². The highest BCUT2D eigenvalue weighted by atomic mass is 32.2. The predicted octanol–water partition coefficient (Wildman–Crippen LogP) is 0.490. The Morgan fingerprint density at radius 2 is 2.32 bits per heavy atom. The molecule has 1 aliphatic heterocycles. The van der Waals surface area contributed by atoms with Crippen LogP contribution >= 0.6 is 12.1 Å². The Labute approximate surface area is 147 Å². The van der Waals surface area contributed by atoms with Crippen LogP contribution in [0, 0.1) is 11.8 Å². The van der Waals surface area contributed by atoms with Gasteiger partial charge in [0.15, 0.2) is 16.5 Å². The van der Waals surface area contributed by atoms with E-state index < -0.39 is 22.7 Å². The molecule has 8 nitrogen and oxygen atoms in total. The lowest BCUT2D eigenvalue weighted by Gasteiger charge is -2.47. The Hall–Kier alpha value is -2.23. The van der Waals surface area contributed by atoms with Gasteiger partial charge in [-0.2, -0.15) is 8.99 Å². The first kappa shape index (κ1) is 16.2. The fourth-order valence-electron chi connectivity index (χ4n) is 4.24. The predicted molar refractivity (Wildman–Crippen MR) is 91.8 cm³/mol. The van der Waals surface area contributed by atoms with Crippen molar-refractivity contribution in [3.05, 3.63) is 27.7 Å². The third kappa shape index (κ3) is 2.09. The number of fused-ring (bicyclic) bond motifs is 3. The van der Waals surface area contributed by atoms with Crippen LogP contribution < -0.4 is 21.2 Å². The summed E-state index contributed by atoms with van der Waals surface area (Å²) in [5.41, 5.74) is 0.820. The number of rotatable bonds is 2. The highest BCUT2D eigenvalue weighted by molar-refractivity contribution is 8.10. The molecule has 0 bridgehead atoms. The van der Waals surface area contributed by atoms with Crippen LogP contribution in [0.15, 0.2) is 16.1 Å². The van der Waals surface area contributed by atoms with E-state index in [0.29, 0.717) is 11.8 Å². The van der Waals surface area contributed by atoms with Gasteiger partial charge in [0.25, 0.3) is 5.91 Å². The summed E-state index contributed by atoms with van der Waals surface area (Å²) in [6.07, 6.45) is 4.24. The molecule has 3 N–H and O–H groups in total. The lowest BCUT2D eigenvalue weighted by Crippen LogP contribution is -2.68. The Morgan fingerprint density at radius 3 is 2.88 bits per heavy atom. The van der Waals surface area contributed by atoms with Crippen LogP contribution in [0.4, 0.5) is 3.89 Å². The molecule has 0 saturated heterocycles. The van der Waals surface area contributed by atoms with E-state index in [2.05, 4.69) is 15.8 Å². The number of nitrogens with one attached hydrogen (secondary N) is 2. The number of hydrazone groups is 1. The fourth-order valence-corrected chi connectivity index (χ4v) is 4.59. The maximum absolute atomic E-state index is 13.2. The lowest BCUT2D eigenvalue weighted by atomic mass is 10.0. The SMILES string of the molecule is CN/N=C(\SF)c1cn2c(c(O)c1=O)C(=O)NC1(CC[C@@H]3C[C@@H]31)N2C. The van der Waals surface area contributed by atoms with Crippen LogP contribution in [-0.4, -0.2) is 40.5 Å². The number of hydrogen-bond donors (Lipinski definition) is 3. The summed E-state index contributed by atoms with van der Waals surface area (Å²) in [6, 6.07) is 0. The van der Waals surface area contributed by atoms with Crippen molar-refractivity contribution < 1.29 is 13.8 Å². The van der Waals surface area contributed by atoms with Gasteiger partial charge in [0.2, 0.25) is 5.43 Å². The van der Waals surface area contributed by atoms with E-state index in [1.165, 1.54) is 17.9 Å². The van der Waals surface area contributed by atoms with Gasteiger partial charge in [0, 0.05) is 26.2 Å². The smallest absolute Gasteiger partial charge is 0.275 e. The molecule has 4 rings (SSSR count). The summed E-state index contributed by atoms with van der Waals surface area (Å²) in [7, 11) is 3.28. The van der Waals surface area contributed by atoms with E-state index in [4.69, 9.17) is 0 Å². The van der Waals surface area contributed by atoms with Crippen LogP contribution in [-0.2, 0) is 0 Å². The zero-order chi connectivity index (χ0) is 17.9. The first-order valence-corrected chi connectivity index (χ1v) is 8.75. The summed E-state index contributed by atoms with van der Waals surface area (Å²) >= 11 is -0.200. The Morgan fingerprint density at radius 1 is 1.56 bits per heavy atom. The lowest BCUT2D eigenvalue weighted by molar-refractivity contribution is 0.0804. The standard InChI is InChI=1S/C15H18FN5O3S/c1-17-19-14(25-16)8-6-21-10(12(23)11(8)22)13(24)18-15(20(21)2)4-3-7-5-9(7)15/h6-7,9,17,23H,3-5H2,1-2H3,(H,18,24)/b19-14-/t7-,9+,15?/m1/s1. The van der Waals surface area contributed by atoms with Crippen molar-refractivity contribution in [3.8, 4) is 5.75 Å². The molecule has 134 valence electrons. The minimum absolute atomic E-state index is 0.106. The minimum atomic E-state index is -0.833. The zero-order valence-electron chi connectivity index (χ0n) is 13.7. The topological polar surface area (TPSA) is 99.0 Å². The molecule has 1 spiro atoms. The Bertz CT molecular complexity index is 856. The number of aromatic hydroxyl groups is 1. The highest BCUT2D eigenvalue weighted by Crippen LogP contribution is 2.58. The van der Waals surface area contributed by atoms with E-state index in [1.807, 2.05) is 5.01 Å². The quantitative estimate of drug-likeness (QED) is 0.400. The van der Waals surface area contributed by atoms with Crippen LogP contribution in [0.1, 0.15) is 35.3 Å². The van der Waals surface area contributed by atoms with E-state index >= 15 is 0 Å². The Kier molecular flexibility index (Phi) is 3.50. The molecule has 3 aliphatic rings. The van der Waals surface area contributed by atoms with Crippen LogP contribution in [0.3, 0.4) is 0 Å². The number of pyridine rings is 1. The molecule has 25 heavy (non-hydrogen) atoms. The number of amides is 1. The second-order valence-corrected chi connectivity index (χ2v) is 7.22. The molecule has 2 heterocycles. The van der Waals surface area contributed by atoms with Gasteiger partial charge in [-0.25, -0.2) is 0 Å². The normalized spacial score (nSPS) is 30.1. The summed E-state index contributed by atoms with van der Waals surface area (Å²) in [6.45, 7) is 0. The number of aromatic nitrogens is 1. The van der Waals surface area contributed by atoms with Crippen LogP contribution in [0.2, 0.25) is 0 Å². The number of nitrogens with zero attached hydrogens (tertiary/aromatic N) is 3.